The Hall–Kier alpha value is -1.81. The second-order valence-electron chi connectivity index (χ2n) is 5.98. The first kappa shape index (κ1) is 14.1. The number of fused-ring (bicyclic) bond motifs is 2. The molecule has 2 heterocycles. The average molecular weight is 286 g/mol. The van der Waals surface area contributed by atoms with Gasteiger partial charge >= 0.3 is 6.09 Å². The standard InChI is InChI=1S/C17H22N2O2/c1-2-6-15-16-10-9-14(12-19(15)17(20)21)18(16)11-13-7-4-3-5-8-13/h2-5,7-8,14-16H,1,6,9-12H2,(H,20,21)/t14-,15+,16+/m0/s1. The predicted molar refractivity (Wildman–Crippen MR) is 82.1 cm³/mol. The second kappa shape index (κ2) is 5.90. The van der Waals surface area contributed by atoms with Gasteiger partial charge in [0, 0.05) is 25.2 Å². The van der Waals surface area contributed by atoms with E-state index in [1.807, 2.05) is 12.1 Å². The molecule has 4 heteroatoms. The molecular formula is C17H22N2O2. The van der Waals surface area contributed by atoms with Gasteiger partial charge in [-0.2, -0.15) is 0 Å². The van der Waals surface area contributed by atoms with E-state index in [4.69, 9.17) is 0 Å². The van der Waals surface area contributed by atoms with Crippen LogP contribution >= 0.6 is 0 Å². The van der Waals surface area contributed by atoms with E-state index < -0.39 is 6.09 Å². The van der Waals surface area contributed by atoms with Crippen LogP contribution in [0.1, 0.15) is 24.8 Å². The number of benzene rings is 1. The first-order valence-electron chi connectivity index (χ1n) is 7.61. The van der Waals surface area contributed by atoms with Gasteiger partial charge in [-0.05, 0) is 24.8 Å². The fraction of sp³-hybridized carbons (Fsp3) is 0.471. The lowest BCUT2D eigenvalue weighted by Crippen LogP contribution is -2.60. The lowest BCUT2D eigenvalue weighted by molar-refractivity contribution is 0.0176. The minimum Gasteiger partial charge on any atom is -0.465 e. The lowest BCUT2D eigenvalue weighted by Gasteiger charge is -2.45. The van der Waals surface area contributed by atoms with Crippen LogP contribution in [0.3, 0.4) is 0 Å². The van der Waals surface area contributed by atoms with Crippen LogP contribution in [0.4, 0.5) is 4.79 Å². The summed E-state index contributed by atoms with van der Waals surface area (Å²) in [5, 5.41) is 9.45. The summed E-state index contributed by atoms with van der Waals surface area (Å²) in [7, 11) is 0. The summed E-state index contributed by atoms with van der Waals surface area (Å²) in [5.74, 6) is 0. The first-order chi connectivity index (χ1) is 10.2. The highest BCUT2D eigenvalue weighted by Crippen LogP contribution is 2.36. The van der Waals surface area contributed by atoms with E-state index in [1.54, 1.807) is 4.90 Å². The van der Waals surface area contributed by atoms with Crippen LogP contribution in [-0.4, -0.2) is 45.7 Å². The third-order valence-corrected chi connectivity index (χ3v) is 4.80. The van der Waals surface area contributed by atoms with Crippen LogP contribution in [0.5, 0.6) is 0 Å². The number of carboxylic acid groups (broad SMARTS) is 1. The van der Waals surface area contributed by atoms with Gasteiger partial charge in [0.2, 0.25) is 0 Å². The molecule has 0 unspecified atom stereocenters. The van der Waals surface area contributed by atoms with Crippen molar-refractivity contribution in [1.82, 2.24) is 9.80 Å². The third-order valence-electron chi connectivity index (χ3n) is 4.80. The minimum atomic E-state index is -0.793. The SMILES string of the molecule is C=CC[C@@H]1[C@H]2CC[C@@H](CN1C(=O)O)N2Cc1ccccc1. The molecule has 2 saturated heterocycles. The molecule has 3 rings (SSSR count). The monoisotopic (exact) mass is 286 g/mol. The number of amides is 1. The van der Waals surface area contributed by atoms with Gasteiger partial charge in [0.15, 0.2) is 0 Å². The van der Waals surface area contributed by atoms with Crippen molar-refractivity contribution in [3.63, 3.8) is 0 Å². The Labute approximate surface area is 125 Å². The number of rotatable bonds is 4. The van der Waals surface area contributed by atoms with Gasteiger partial charge in [0.1, 0.15) is 0 Å². The van der Waals surface area contributed by atoms with Crippen molar-refractivity contribution >= 4 is 6.09 Å². The minimum absolute atomic E-state index is 0.0439. The normalized spacial score (nSPS) is 28.6. The molecule has 2 bridgehead atoms. The number of carbonyl (C=O) groups is 1. The summed E-state index contributed by atoms with van der Waals surface area (Å²) in [5.41, 5.74) is 1.30. The number of likely N-dealkylation sites (tertiary alicyclic amines) is 1. The zero-order valence-electron chi connectivity index (χ0n) is 12.2. The molecule has 3 atom stereocenters. The van der Waals surface area contributed by atoms with E-state index >= 15 is 0 Å². The van der Waals surface area contributed by atoms with E-state index in [0.29, 0.717) is 18.6 Å². The largest absolute Gasteiger partial charge is 0.465 e. The molecular weight excluding hydrogens is 264 g/mol. The van der Waals surface area contributed by atoms with Crippen LogP contribution in [0.25, 0.3) is 0 Å². The van der Waals surface area contributed by atoms with Crippen molar-refractivity contribution in [2.75, 3.05) is 6.54 Å². The summed E-state index contributed by atoms with van der Waals surface area (Å²) in [6.45, 7) is 5.34. The van der Waals surface area contributed by atoms with Gasteiger partial charge in [0.25, 0.3) is 0 Å². The number of piperazine rings is 1. The lowest BCUT2D eigenvalue weighted by atomic mass is 9.99. The Morgan fingerprint density at radius 2 is 2.10 bits per heavy atom. The molecule has 0 aliphatic carbocycles. The number of hydrogen-bond acceptors (Lipinski definition) is 2. The molecule has 1 amide bonds. The van der Waals surface area contributed by atoms with Crippen LogP contribution in [0.2, 0.25) is 0 Å². The molecule has 2 aliphatic rings. The fourth-order valence-electron chi connectivity index (χ4n) is 3.86. The van der Waals surface area contributed by atoms with Gasteiger partial charge in [0.05, 0.1) is 6.04 Å². The van der Waals surface area contributed by atoms with Crippen molar-refractivity contribution in [2.45, 2.75) is 43.9 Å². The van der Waals surface area contributed by atoms with Gasteiger partial charge in [-0.1, -0.05) is 36.4 Å². The Balaban J connectivity index is 1.81. The molecule has 0 spiro atoms. The summed E-state index contributed by atoms with van der Waals surface area (Å²) in [6.07, 6.45) is 3.96. The molecule has 0 saturated carbocycles. The molecule has 0 radical (unpaired) electrons. The number of hydrogen-bond donors (Lipinski definition) is 1. The maximum absolute atomic E-state index is 11.5. The Kier molecular flexibility index (Phi) is 3.97. The smallest absolute Gasteiger partial charge is 0.407 e. The maximum atomic E-state index is 11.5. The first-order valence-corrected chi connectivity index (χ1v) is 7.61. The molecule has 4 nitrogen and oxygen atoms in total. The molecule has 2 fully saturated rings. The van der Waals surface area contributed by atoms with E-state index in [0.717, 1.165) is 25.8 Å². The predicted octanol–water partition coefficient (Wildman–Crippen LogP) is 2.96. The van der Waals surface area contributed by atoms with E-state index in [1.165, 1.54) is 5.56 Å². The van der Waals surface area contributed by atoms with Crippen molar-refractivity contribution in [2.24, 2.45) is 0 Å². The summed E-state index contributed by atoms with van der Waals surface area (Å²) in [4.78, 5) is 15.6. The molecule has 112 valence electrons. The second-order valence-corrected chi connectivity index (χ2v) is 5.98. The summed E-state index contributed by atoms with van der Waals surface area (Å²) in [6, 6.07) is 11.2. The van der Waals surface area contributed by atoms with Gasteiger partial charge in [-0.3, -0.25) is 4.90 Å². The maximum Gasteiger partial charge on any atom is 0.407 e. The number of nitrogens with zero attached hydrogens (tertiary/aromatic N) is 2. The Morgan fingerprint density at radius 1 is 1.33 bits per heavy atom. The van der Waals surface area contributed by atoms with E-state index in [2.05, 4.69) is 35.7 Å². The fourth-order valence-corrected chi connectivity index (χ4v) is 3.86. The van der Waals surface area contributed by atoms with Crippen LogP contribution < -0.4 is 0 Å². The van der Waals surface area contributed by atoms with Crippen LogP contribution in [0, 0.1) is 0 Å². The summed E-state index contributed by atoms with van der Waals surface area (Å²) < 4.78 is 0. The Morgan fingerprint density at radius 3 is 2.76 bits per heavy atom. The van der Waals surface area contributed by atoms with Crippen molar-refractivity contribution in [1.29, 1.82) is 0 Å². The Bertz CT molecular complexity index is 517. The van der Waals surface area contributed by atoms with Crippen molar-refractivity contribution in [3.05, 3.63) is 48.6 Å². The quantitative estimate of drug-likeness (QED) is 0.865. The highest BCUT2D eigenvalue weighted by Gasteiger charge is 2.46. The third kappa shape index (κ3) is 2.68. The zero-order valence-corrected chi connectivity index (χ0v) is 12.2. The van der Waals surface area contributed by atoms with Gasteiger partial charge in [-0.15, -0.1) is 6.58 Å². The molecule has 2 aliphatic heterocycles. The molecule has 1 N–H and O–H groups in total. The van der Waals surface area contributed by atoms with E-state index in [-0.39, 0.29) is 6.04 Å². The van der Waals surface area contributed by atoms with Gasteiger partial charge in [-0.25, -0.2) is 4.79 Å². The summed E-state index contributed by atoms with van der Waals surface area (Å²) >= 11 is 0. The van der Waals surface area contributed by atoms with Crippen LogP contribution in [-0.2, 0) is 6.54 Å². The van der Waals surface area contributed by atoms with Crippen molar-refractivity contribution < 1.29 is 9.90 Å². The van der Waals surface area contributed by atoms with Crippen LogP contribution in [0.15, 0.2) is 43.0 Å². The zero-order chi connectivity index (χ0) is 14.8. The highest BCUT2D eigenvalue weighted by atomic mass is 16.4. The highest BCUT2D eigenvalue weighted by molar-refractivity contribution is 5.66. The molecule has 1 aromatic carbocycles. The molecule has 21 heavy (non-hydrogen) atoms. The molecule has 1 aromatic rings. The van der Waals surface area contributed by atoms with E-state index in [9.17, 15) is 9.90 Å². The topological polar surface area (TPSA) is 43.8 Å². The van der Waals surface area contributed by atoms with Crippen molar-refractivity contribution in [3.8, 4) is 0 Å². The molecule has 0 aromatic heterocycles. The van der Waals surface area contributed by atoms with Gasteiger partial charge < -0.3 is 10.0 Å². The average Bonchev–Trinajstić information content (AvgIpc) is 2.75.